The van der Waals surface area contributed by atoms with Crippen LogP contribution in [0.4, 0.5) is 5.69 Å². The minimum absolute atomic E-state index is 0.00148. The van der Waals surface area contributed by atoms with Crippen molar-refractivity contribution < 1.29 is 14.4 Å². The van der Waals surface area contributed by atoms with Crippen molar-refractivity contribution in [2.45, 2.75) is 13.8 Å². The van der Waals surface area contributed by atoms with Gasteiger partial charge in [-0.2, -0.15) is 0 Å². The maximum absolute atomic E-state index is 13.1. The number of fused-ring (bicyclic) bond motifs is 1. The van der Waals surface area contributed by atoms with E-state index in [9.17, 15) is 14.4 Å². The van der Waals surface area contributed by atoms with Gasteiger partial charge in [-0.1, -0.05) is 35.9 Å². The molecule has 3 aromatic carbocycles. The molecule has 0 saturated carbocycles. The van der Waals surface area contributed by atoms with E-state index in [0.29, 0.717) is 37.4 Å². The summed E-state index contributed by atoms with van der Waals surface area (Å²) < 4.78 is 0. The maximum Gasteiger partial charge on any atom is 0.257 e. The van der Waals surface area contributed by atoms with Crippen molar-refractivity contribution >= 4 is 45.9 Å². The van der Waals surface area contributed by atoms with Gasteiger partial charge in [0.2, 0.25) is 5.91 Å². The van der Waals surface area contributed by atoms with Crippen LogP contribution in [0.15, 0.2) is 67.0 Å². The average molecular weight is 528 g/mol. The highest BCUT2D eigenvalue weighted by Gasteiger charge is 2.24. The van der Waals surface area contributed by atoms with Gasteiger partial charge in [-0.05, 0) is 48.9 Å². The van der Waals surface area contributed by atoms with Crippen molar-refractivity contribution in [3.63, 3.8) is 0 Å². The van der Waals surface area contributed by atoms with Crippen LogP contribution < -0.4 is 5.32 Å². The van der Waals surface area contributed by atoms with Gasteiger partial charge in [0.05, 0.1) is 21.8 Å². The summed E-state index contributed by atoms with van der Waals surface area (Å²) in [6.07, 6.45) is 1.54. The summed E-state index contributed by atoms with van der Waals surface area (Å²) in [5.74, 6) is -0.560. The van der Waals surface area contributed by atoms with E-state index in [0.717, 1.165) is 27.7 Å². The van der Waals surface area contributed by atoms with Crippen molar-refractivity contribution in [1.82, 2.24) is 19.8 Å². The van der Waals surface area contributed by atoms with E-state index in [4.69, 9.17) is 11.6 Å². The number of benzene rings is 3. The van der Waals surface area contributed by atoms with Gasteiger partial charge in [0.25, 0.3) is 11.8 Å². The van der Waals surface area contributed by atoms with Crippen molar-refractivity contribution in [3.05, 3.63) is 88.7 Å². The molecule has 0 unspecified atom stereocenters. The Kier molecular flexibility index (Phi) is 7.07. The third-order valence-electron chi connectivity index (χ3n) is 6.77. The number of aryl methyl sites for hydroxylation is 1. The number of anilines is 1. The zero-order valence-corrected chi connectivity index (χ0v) is 21.8. The predicted octanol–water partition coefficient (Wildman–Crippen LogP) is 4.82. The Morgan fingerprint density at radius 2 is 1.63 bits per heavy atom. The first-order valence-electron chi connectivity index (χ1n) is 12.3. The fourth-order valence-corrected chi connectivity index (χ4v) is 4.88. The molecular weight excluding hydrogens is 502 g/mol. The number of para-hydroxylation sites is 1. The van der Waals surface area contributed by atoms with Gasteiger partial charge < -0.3 is 15.1 Å². The number of piperazine rings is 1. The Bertz CT molecular complexity index is 1560. The summed E-state index contributed by atoms with van der Waals surface area (Å²) in [4.78, 5) is 49.9. The third-order valence-corrected chi connectivity index (χ3v) is 7.08. The topological polar surface area (TPSA) is 95.5 Å². The second kappa shape index (κ2) is 10.6. The first-order valence-corrected chi connectivity index (χ1v) is 12.7. The van der Waals surface area contributed by atoms with Gasteiger partial charge in [-0.3, -0.25) is 14.4 Å². The quantitative estimate of drug-likeness (QED) is 0.411. The maximum atomic E-state index is 13.1. The summed E-state index contributed by atoms with van der Waals surface area (Å²) in [5.41, 5.74) is 4.78. The number of hydrogen-bond donors (Lipinski definition) is 1. The van der Waals surface area contributed by atoms with Crippen LogP contribution >= 0.6 is 11.6 Å². The van der Waals surface area contributed by atoms with Crippen LogP contribution in [0.2, 0.25) is 5.02 Å². The molecule has 3 amide bonds. The minimum Gasteiger partial charge on any atom is -0.339 e. The van der Waals surface area contributed by atoms with Crippen LogP contribution in [0.25, 0.3) is 22.2 Å². The monoisotopic (exact) mass is 527 g/mol. The van der Waals surface area contributed by atoms with E-state index >= 15 is 0 Å². The molecule has 0 aliphatic carbocycles. The molecule has 4 aromatic rings. The number of aromatic nitrogens is 2. The van der Waals surface area contributed by atoms with Crippen LogP contribution in [0, 0.1) is 6.92 Å². The van der Waals surface area contributed by atoms with Gasteiger partial charge in [-0.25, -0.2) is 9.97 Å². The summed E-state index contributed by atoms with van der Waals surface area (Å²) in [5, 5.41) is 4.02. The number of hydrogen-bond acceptors (Lipinski definition) is 5. The molecule has 1 aliphatic heterocycles. The largest absolute Gasteiger partial charge is 0.339 e. The first kappa shape index (κ1) is 25.4. The Labute approximate surface area is 225 Å². The average Bonchev–Trinajstić information content (AvgIpc) is 2.93. The lowest BCUT2D eigenvalue weighted by Gasteiger charge is -2.34. The summed E-state index contributed by atoms with van der Waals surface area (Å²) in [6, 6.07) is 18.1. The highest BCUT2D eigenvalue weighted by Crippen LogP contribution is 2.30. The van der Waals surface area contributed by atoms with Crippen molar-refractivity contribution in [3.8, 4) is 11.3 Å². The zero-order valence-electron chi connectivity index (χ0n) is 21.1. The van der Waals surface area contributed by atoms with Crippen LogP contribution in [0.1, 0.15) is 33.2 Å². The van der Waals surface area contributed by atoms with E-state index in [1.54, 1.807) is 21.9 Å². The molecule has 0 radical (unpaired) electrons. The molecule has 8 nitrogen and oxygen atoms in total. The fourth-order valence-electron chi connectivity index (χ4n) is 4.61. The van der Waals surface area contributed by atoms with Crippen LogP contribution in [-0.2, 0) is 4.79 Å². The number of halogens is 1. The van der Waals surface area contributed by atoms with E-state index in [2.05, 4.69) is 15.3 Å². The van der Waals surface area contributed by atoms with Gasteiger partial charge in [0, 0.05) is 55.3 Å². The number of rotatable bonds is 4. The van der Waals surface area contributed by atoms with E-state index < -0.39 is 0 Å². The number of amides is 3. The molecule has 1 aliphatic rings. The summed E-state index contributed by atoms with van der Waals surface area (Å²) >= 11 is 6.45. The lowest BCUT2D eigenvalue weighted by molar-refractivity contribution is -0.130. The Morgan fingerprint density at radius 3 is 2.37 bits per heavy atom. The van der Waals surface area contributed by atoms with E-state index in [1.165, 1.54) is 19.3 Å². The normalized spacial score (nSPS) is 13.4. The summed E-state index contributed by atoms with van der Waals surface area (Å²) in [6.45, 7) is 5.42. The number of carbonyl (C=O) groups is 3. The van der Waals surface area contributed by atoms with Crippen molar-refractivity contribution in [2.75, 3.05) is 31.5 Å². The minimum atomic E-state index is -0.383. The smallest absolute Gasteiger partial charge is 0.257 e. The standard InChI is InChI=1S/C29H26ClN5O3/c1-18-7-9-21(16-24(18)27-23-5-3-4-6-26(23)31-17-32-27)33-28(37)22-10-8-20(15-25(22)30)29(38)35-13-11-34(12-14-35)19(2)36/h3-10,15-17H,11-14H2,1-2H3,(H,33,37). The molecule has 1 aromatic heterocycles. The molecule has 38 heavy (non-hydrogen) atoms. The molecule has 0 bridgehead atoms. The lowest BCUT2D eigenvalue weighted by atomic mass is 10.0. The SMILES string of the molecule is CC(=O)N1CCN(C(=O)c2ccc(C(=O)Nc3ccc(C)c(-c4ncnc5ccccc45)c3)c(Cl)c2)CC1. The molecule has 5 rings (SSSR count). The number of nitrogens with zero attached hydrogens (tertiary/aromatic N) is 4. The van der Waals surface area contributed by atoms with Gasteiger partial charge in [-0.15, -0.1) is 0 Å². The van der Waals surface area contributed by atoms with Crippen LogP contribution in [0.3, 0.4) is 0 Å². The second-order valence-corrected chi connectivity index (χ2v) is 9.62. The number of nitrogens with one attached hydrogen (secondary N) is 1. The van der Waals surface area contributed by atoms with Crippen molar-refractivity contribution in [1.29, 1.82) is 0 Å². The zero-order chi connectivity index (χ0) is 26.8. The van der Waals surface area contributed by atoms with Gasteiger partial charge in [0.1, 0.15) is 6.33 Å². The molecular formula is C29H26ClN5O3. The first-order chi connectivity index (χ1) is 18.3. The van der Waals surface area contributed by atoms with E-state index in [-0.39, 0.29) is 28.3 Å². The molecule has 2 heterocycles. The van der Waals surface area contributed by atoms with Gasteiger partial charge >= 0.3 is 0 Å². The summed E-state index contributed by atoms with van der Waals surface area (Å²) in [7, 11) is 0. The lowest BCUT2D eigenvalue weighted by Crippen LogP contribution is -2.50. The molecule has 0 atom stereocenters. The molecule has 0 spiro atoms. The highest BCUT2D eigenvalue weighted by molar-refractivity contribution is 6.34. The second-order valence-electron chi connectivity index (χ2n) is 9.22. The van der Waals surface area contributed by atoms with E-state index in [1.807, 2.05) is 49.4 Å². The Hall–Kier alpha value is -4.30. The third kappa shape index (κ3) is 5.08. The molecule has 1 fully saturated rings. The van der Waals surface area contributed by atoms with Crippen LogP contribution in [-0.4, -0.2) is 63.7 Å². The molecule has 9 heteroatoms. The Balaban J connectivity index is 1.33. The predicted molar refractivity (Wildman–Crippen MR) is 147 cm³/mol. The molecule has 1 N–H and O–H groups in total. The van der Waals surface area contributed by atoms with Gasteiger partial charge in [0.15, 0.2) is 0 Å². The number of carbonyl (C=O) groups excluding carboxylic acids is 3. The van der Waals surface area contributed by atoms with Crippen LogP contribution in [0.5, 0.6) is 0 Å². The molecule has 192 valence electrons. The highest BCUT2D eigenvalue weighted by atomic mass is 35.5. The molecule has 1 saturated heterocycles. The van der Waals surface area contributed by atoms with Crippen molar-refractivity contribution in [2.24, 2.45) is 0 Å². The fraction of sp³-hybridized carbons (Fsp3) is 0.207. The Morgan fingerprint density at radius 1 is 0.895 bits per heavy atom.